The fourth-order valence-electron chi connectivity index (χ4n) is 9.92. The van der Waals surface area contributed by atoms with Gasteiger partial charge >= 0.3 is 0 Å². The van der Waals surface area contributed by atoms with Crippen molar-refractivity contribution >= 4 is 97.3 Å². The van der Waals surface area contributed by atoms with Gasteiger partial charge in [-0.05, 0) is 110 Å². The molecule has 13 aromatic rings. The van der Waals surface area contributed by atoms with E-state index in [-0.39, 0.29) is 0 Å². The minimum absolute atomic E-state index is 0.926. The Labute approximate surface area is 315 Å². The Morgan fingerprint density at radius 1 is 0.218 bits per heavy atom. The van der Waals surface area contributed by atoms with Crippen molar-refractivity contribution in [2.24, 2.45) is 0 Å². The molecule has 1 aromatic heterocycles. The van der Waals surface area contributed by atoms with Crippen LogP contribution in [0.1, 0.15) is 0 Å². The van der Waals surface area contributed by atoms with Crippen molar-refractivity contribution in [2.75, 3.05) is 0 Å². The molecule has 1 heterocycles. The molecule has 0 radical (unpaired) electrons. The zero-order valence-corrected chi connectivity index (χ0v) is 29.7. The fourth-order valence-corrected chi connectivity index (χ4v) is 9.92. The summed E-state index contributed by atoms with van der Waals surface area (Å²) >= 11 is 0. The Balaban J connectivity index is 1.14. The van der Waals surface area contributed by atoms with Crippen molar-refractivity contribution in [3.63, 3.8) is 0 Å². The average Bonchev–Trinajstić information content (AvgIpc) is 3.65. The highest BCUT2D eigenvalue weighted by atomic mass is 16.3. The van der Waals surface area contributed by atoms with Crippen LogP contribution < -0.4 is 0 Å². The molecule has 0 spiro atoms. The lowest BCUT2D eigenvalue weighted by molar-refractivity contribution is 0.674. The van der Waals surface area contributed by atoms with E-state index in [1.54, 1.807) is 0 Å². The Morgan fingerprint density at radius 3 is 1.38 bits per heavy atom. The maximum atomic E-state index is 7.21. The van der Waals surface area contributed by atoms with E-state index >= 15 is 0 Å². The second-order valence-corrected chi connectivity index (χ2v) is 15.1. The molecule has 12 aromatic carbocycles. The summed E-state index contributed by atoms with van der Waals surface area (Å²) in [6, 6.07) is 67.2. The highest BCUT2D eigenvalue weighted by Crippen LogP contribution is 2.49. The van der Waals surface area contributed by atoms with Crippen LogP contribution in [-0.4, -0.2) is 0 Å². The van der Waals surface area contributed by atoms with Crippen molar-refractivity contribution in [1.82, 2.24) is 0 Å². The fraction of sp³-hybridized carbons (Fsp3) is 0. The minimum atomic E-state index is 0.926. The topological polar surface area (TPSA) is 13.1 Å². The third-order valence-electron chi connectivity index (χ3n) is 12.4. The van der Waals surface area contributed by atoms with E-state index in [1.807, 2.05) is 0 Å². The second kappa shape index (κ2) is 10.7. The lowest BCUT2D eigenvalue weighted by atomic mass is 9.85. The summed E-state index contributed by atoms with van der Waals surface area (Å²) in [5.41, 5.74) is 9.06. The lowest BCUT2D eigenvalue weighted by Crippen LogP contribution is -1.91. The second-order valence-electron chi connectivity index (χ2n) is 15.1. The Hall–Kier alpha value is -7.22. The third-order valence-corrected chi connectivity index (χ3v) is 12.4. The first-order valence-corrected chi connectivity index (χ1v) is 19.1. The molecule has 0 atom stereocenters. The first kappa shape index (κ1) is 29.3. The van der Waals surface area contributed by atoms with Gasteiger partial charge in [-0.2, -0.15) is 0 Å². The monoisotopic (exact) mass is 694 g/mol. The van der Waals surface area contributed by atoms with Gasteiger partial charge in [0, 0.05) is 21.7 Å². The molecule has 55 heavy (non-hydrogen) atoms. The molecule has 0 aliphatic heterocycles. The van der Waals surface area contributed by atoms with Crippen LogP contribution in [0.3, 0.4) is 0 Å². The summed E-state index contributed by atoms with van der Waals surface area (Å²) in [5.74, 6) is 0. The molecular weight excluding hydrogens is 665 g/mol. The van der Waals surface area contributed by atoms with E-state index in [0.29, 0.717) is 0 Å². The van der Waals surface area contributed by atoms with Gasteiger partial charge in [-0.3, -0.25) is 0 Å². The van der Waals surface area contributed by atoms with Crippen LogP contribution in [-0.2, 0) is 0 Å². The van der Waals surface area contributed by atoms with Gasteiger partial charge in [0.2, 0.25) is 0 Å². The van der Waals surface area contributed by atoms with Crippen molar-refractivity contribution in [1.29, 1.82) is 0 Å². The van der Waals surface area contributed by atoms with E-state index < -0.39 is 0 Å². The van der Waals surface area contributed by atoms with E-state index in [1.165, 1.54) is 97.8 Å². The van der Waals surface area contributed by atoms with Gasteiger partial charge < -0.3 is 4.42 Å². The molecular formula is C54H30O. The van der Waals surface area contributed by atoms with Crippen LogP contribution in [0.25, 0.3) is 131 Å². The van der Waals surface area contributed by atoms with Crippen molar-refractivity contribution < 1.29 is 4.42 Å². The van der Waals surface area contributed by atoms with Gasteiger partial charge in [0.1, 0.15) is 11.2 Å². The molecule has 0 fully saturated rings. The molecule has 1 heteroatoms. The number of fused-ring (bicyclic) bond motifs is 5. The maximum Gasteiger partial charge on any atom is 0.143 e. The van der Waals surface area contributed by atoms with E-state index in [0.717, 1.165) is 32.9 Å². The van der Waals surface area contributed by atoms with Crippen LogP contribution in [0, 0.1) is 0 Å². The predicted octanol–water partition coefficient (Wildman–Crippen LogP) is 15.5. The summed E-state index contributed by atoms with van der Waals surface area (Å²) in [6.45, 7) is 0. The molecule has 13 rings (SSSR count). The van der Waals surface area contributed by atoms with Crippen LogP contribution in [0.4, 0.5) is 0 Å². The van der Waals surface area contributed by atoms with E-state index in [2.05, 4.69) is 182 Å². The lowest BCUT2D eigenvalue weighted by Gasteiger charge is -2.17. The van der Waals surface area contributed by atoms with Crippen molar-refractivity contribution in [3.05, 3.63) is 182 Å². The molecule has 0 amide bonds. The van der Waals surface area contributed by atoms with Gasteiger partial charge in [0.25, 0.3) is 0 Å². The molecule has 252 valence electrons. The van der Waals surface area contributed by atoms with E-state index in [4.69, 9.17) is 4.42 Å². The quantitative estimate of drug-likeness (QED) is 0.168. The number of rotatable bonds is 3. The Bertz CT molecular complexity index is 3680. The van der Waals surface area contributed by atoms with Crippen molar-refractivity contribution in [3.8, 4) is 33.4 Å². The standard InChI is InChI=1S/C54H30O/c1-2-7-31(8-3-1)38-22-16-36-21-27-44-41(24-18-37-20-25-42(38)50(36)51(37)44)46-30-29-45(52-47-28-15-32-9-4-5-12-39(32)53(47)55-54(46)52)40-23-17-35-14-13-33-10-6-11-34-19-26-43(40)49(35)48(33)34/h1-30H. The van der Waals surface area contributed by atoms with Crippen LogP contribution >= 0.6 is 0 Å². The number of furan rings is 1. The summed E-state index contributed by atoms with van der Waals surface area (Å²) in [7, 11) is 0. The smallest absolute Gasteiger partial charge is 0.143 e. The van der Waals surface area contributed by atoms with Gasteiger partial charge in [0.15, 0.2) is 0 Å². The zero-order valence-electron chi connectivity index (χ0n) is 29.7. The molecule has 1 nitrogen and oxygen atoms in total. The number of hydrogen-bond donors (Lipinski definition) is 0. The SMILES string of the molecule is c1ccc(-c2ccc3ccc4c(-c5ccc(-c6ccc7ccc8cccc9ccc6c7c89)c6c5oc5c7ccccc7ccc56)ccc5ccc2c3c54)cc1. The first-order chi connectivity index (χ1) is 27.3. The summed E-state index contributed by atoms with van der Waals surface area (Å²) < 4.78 is 7.21. The summed E-state index contributed by atoms with van der Waals surface area (Å²) in [4.78, 5) is 0. The minimum Gasteiger partial charge on any atom is -0.455 e. The third kappa shape index (κ3) is 3.92. The van der Waals surface area contributed by atoms with Gasteiger partial charge in [-0.25, -0.2) is 0 Å². The van der Waals surface area contributed by atoms with Crippen molar-refractivity contribution in [2.45, 2.75) is 0 Å². The molecule has 0 aliphatic rings. The van der Waals surface area contributed by atoms with E-state index in [9.17, 15) is 0 Å². The van der Waals surface area contributed by atoms with Gasteiger partial charge in [0.05, 0.1) is 0 Å². The highest BCUT2D eigenvalue weighted by molar-refractivity contribution is 6.31. The highest BCUT2D eigenvalue weighted by Gasteiger charge is 2.23. The zero-order chi connectivity index (χ0) is 35.8. The Morgan fingerprint density at radius 2 is 0.673 bits per heavy atom. The maximum absolute atomic E-state index is 7.21. The molecule has 0 saturated heterocycles. The number of benzene rings is 12. The van der Waals surface area contributed by atoms with Gasteiger partial charge in [-0.1, -0.05) is 170 Å². The number of hydrogen-bond acceptors (Lipinski definition) is 1. The molecule has 0 N–H and O–H groups in total. The summed E-state index contributed by atoms with van der Waals surface area (Å²) in [6.07, 6.45) is 0. The average molecular weight is 695 g/mol. The normalized spacial score (nSPS) is 12.4. The van der Waals surface area contributed by atoms with Gasteiger partial charge in [-0.15, -0.1) is 0 Å². The predicted molar refractivity (Wildman–Crippen MR) is 235 cm³/mol. The first-order valence-electron chi connectivity index (χ1n) is 19.1. The molecule has 0 saturated carbocycles. The summed E-state index contributed by atoms with van der Waals surface area (Å²) in [5, 5.41) is 20.0. The van der Waals surface area contributed by atoms with Crippen LogP contribution in [0.15, 0.2) is 186 Å². The van der Waals surface area contributed by atoms with Crippen LogP contribution in [0.5, 0.6) is 0 Å². The molecule has 0 unspecified atom stereocenters. The molecule has 0 bridgehead atoms. The molecule has 0 aliphatic carbocycles. The largest absolute Gasteiger partial charge is 0.455 e. The van der Waals surface area contributed by atoms with Crippen LogP contribution in [0.2, 0.25) is 0 Å². The Kier molecular flexibility index (Phi) is 5.69.